The molecule has 3 atom stereocenters. The summed E-state index contributed by atoms with van der Waals surface area (Å²) in [6.45, 7) is 1.43. The number of benzene rings is 1. The number of nitrogens with one attached hydrogen (secondary N) is 1. The molecule has 1 aliphatic carbocycles. The summed E-state index contributed by atoms with van der Waals surface area (Å²) in [6.07, 6.45) is 7.02. The van der Waals surface area contributed by atoms with Crippen molar-refractivity contribution in [3.05, 3.63) is 29.3 Å². The van der Waals surface area contributed by atoms with E-state index in [9.17, 15) is 9.90 Å². The van der Waals surface area contributed by atoms with Crippen LogP contribution < -0.4 is 5.32 Å². The summed E-state index contributed by atoms with van der Waals surface area (Å²) in [5, 5.41) is 13.2. The Kier molecular flexibility index (Phi) is 4.83. The molecule has 0 aromatic heterocycles. The molecule has 2 aliphatic heterocycles. The predicted molar refractivity (Wildman–Crippen MR) is 91.8 cm³/mol. The maximum absolute atomic E-state index is 12.8. The number of carbonyl (C=O) groups is 1. The normalized spacial score (nSPS) is 29.4. The van der Waals surface area contributed by atoms with E-state index in [1.165, 1.54) is 31.2 Å². The number of fused-ring (bicyclic) bond motifs is 2. The minimum atomic E-state index is 0. The first-order chi connectivity index (χ1) is 10.7. The predicted octanol–water partition coefficient (Wildman–Crippen LogP) is 2.62. The lowest BCUT2D eigenvalue weighted by Crippen LogP contribution is -2.47. The van der Waals surface area contributed by atoms with Gasteiger partial charge in [-0.25, -0.2) is 0 Å². The fourth-order valence-electron chi connectivity index (χ4n) is 4.46. The first kappa shape index (κ1) is 16.6. The second-order valence-electron chi connectivity index (χ2n) is 7.07. The molecule has 1 amide bonds. The molecule has 1 aromatic carbocycles. The van der Waals surface area contributed by atoms with Crippen molar-refractivity contribution in [2.75, 3.05) is 6.54 Å². The van der Waals surface area contributed by atoms with Gasteiger partial charge in [-0.15, -0.1) is 12.4 Å². The average molecular weight is 337 g/mol. The molecule has 1 aromatic rings. The van der Waals surface area contributed by atoms with Crippen molar-refractivity contribution < 1.29 is 9.90 Å². The summed E-state index contributed by atoms with van der Waals surface area (Å²) in [4.78, 5) is 14.8. The van der Waals surface area contributed by atoms with E-state index in [2.05, 4.69) is 5.32 Å². The molecule has 0 spiro atoms. The molecule has 1 saturated heterocycles. The lowest BCUT2D eigenvalue weighted by molar-refractivity contribution is -0.134. The maximum Gasteiger partial charge on any atom is 0.240 e. The molecule has 3 unspecified atom stereocenters. The van der Waals surface area contributed by atoms with Gasteiger partial charge in [0, 0.05) is 19.1 Å². The minimum Gasteiger partial charge on any atom is -0.508 e. The third-order valence-electron chi connectivity index (χ3n) is 5.67. The standard InChI is InChI=1S/C18H24N2O2.ClH/c21-15-6-5-12-7-8-20(11-14(12)9-15)18(22)17-10-13-3-1-2-4-16(13)19-17;/h5-6,9,13,16-17,19,21H,1-4,7-8,10-11H2;1H. The van der Waals surface area contributed by atoms with E-state index in [4.69, 9.17) is 0 Å². The van der Waals surface area contributed by atoms with Gasteiger partial charge < -0.3 is 15.3 Å². The Balaban J connectivity index is 0.00000156. The molecule has 0 bridgehead atoms. The Morgan fingerprint density at radius 2 is 2.04 bits per heavy atom. The van der Waals surface area contributed by atoms with Gasteiger partial charge >= 0.3 is 0 Å². The topological polar surface area (TPSA) is 52.6 Å². The molecule has 2 heterocycles. The van der Waals surface area contributed by atoms with Crippen molar-refractivity contribution in [3.8, 4) is 5.75 Å². The van der Waals surface area contributed by atoms with E-state index >= 15 is 0 Å². The highest BCUT2D eigenvalue weighted by Gasteiger charge is 2.40. The van der Waals surface area contributed by atoms with Gasteiger partial charge in [-0.1, -0.05) is 18.9 Å². The van der Waals surface area contributed by atoms with Gasteiger partial charge in [-0.3, -0.25) is 4.79 Å². The third-order valence-corrected chi connectivity index (χ3v) is 5.67. The van der Waals surface area contributed by atoms with Crippen LogP contribution in [0.2, 0.25) is 0 Å². The molecule has 126 valence electrons. The Labute approximate surface area is 143 Å². The van der Waals surface area contributed by atoms with E-state index in [1.807, 2.05) is 11.0 Å². The van der Waals surface area contributed by atoms with E-state index in [0.717, 1.165) is 24.9 Å². The van der Waals surface area contributed by atoms with Gasteiger partial charge in [-0.2, -0.15) is 0 Å². The van der Waals surface area contributed by atoms with Crippen molar-refractivity contribution in [3.63, 3.8) is 0 Å². The smallest absolute Gasteiger partial charge is 0.240 e. The molecule has 23 heavy (non-hydrogen) atoms. The lowest BCUT2D eigenvalue weighted by Gasteiger charge is -2.31. The lowest BCUT2D eigenvalue weighted by atomic mass is 9.85. The molecular weight excluding hydrogens is 312 g/mol. The molecule has 1 saturated carbocycles. The summed E-state index contributed by atoms with van der Waals surface area (Å²) in [7, 11) is 0. The third kappa shape index (κ3) is 3.20. The van der Waals surface area contributed by atoms with Crippen LogP contribution in [0.25, 0.3) is 0 Å². The first-order valence-electron chi connectivity index (χ1n) is 8.56. The number of aromatic hydroxyl groups is 1. The van der Waals surface area contributed by atoms with E-state index in [-0.39, 0.29) is 30.1 Å². The molecule has 3 aliphatic rings. The van der Waals surface area contributed by atoms with Gasteiger partial charge in [0.1, 0.15) is 5.75 Å². The number of phenols is 1. The van der Waals surface area contributed by atoms with Gasteiger partial charge in [0.05, 0.1) is 6.04 Å². The van der Waals surface area contributed by atoms with Crippen LogP contribution in [0.3, 0.4) is 0 Å². The fourth-order valence-corrected chi connectivity index (χ4v) is 4.46. The summed E-state index contributed by atoms with van der Waals surface area (Å²) in [6, 6.07) is 6.08. The highest BCUT2D eigenvalue weighted by atomic mass is 35.5. The van der Waals surface area contributed by atoms with Crippen LogP contribution in [-0.2, 0) is 17.8 Å². The minimum absolute atomic E-state index is 0. The number of rotatable bonds is 1. The van der Waals surface area contributed by atoms with Gasteiger partial charge in [0.25, 0.3) is 0 Å². The Morgan fingerprint density at radius 1 is 1.22 bits per heavy atom. The number of hydrogen-bond donors (Lipinski definition) is 2. The molecule has 5 heteroatoms. The summed E-state index contributed by atoms with van der Waals surface area (Å²) in [5.74, 6) is 1.24. The zero-order chi connectivity index (χ0) is 15.1. The monoisotopic (exact) mass is 336 g/mol. The molecule has 4 nitrogen and oxygen atoms in total. The number of carbonyl (C=O) groups excluding carboxylic acids is 1. The number of phenolic OH excluding ortho intramolecular Hbond substituents is 1. The molecule has 2 N–H and O–H groups in total. The molecular formula is C18H25ClN2O2. The summed E-state index contributed by atoms with van der Waals surface area (Å²) >= 11 is 0. The Hall–Kier alpha value is -1.26. The second kappa shape index (κ2) is 6.70. The van der Waals surface area contributed by atoms with Crippen molar-refractivity contribution in [2.45, 2.75) is 57.2 Å². The zero-order valence-corrected chi connectivity index (χ0v) is 14.1. The number of hydrogen-bond acceptors (Lipinski definition) is 3. The summed E-state index contributed by atoms with van der Waals surface area (Å²) < 4.78 is 0. The van der Waals surface area contributed by atoms with Crippen molar-refractivity contribution in [1.29, 1.82) is 0 Å². The van der Waals surface area contributed by atoms with Gasteiger partial charge in [0.15, 0.2) is 0 Å². The van der Waals surface area contributed by atoms with Gasteiger partial charge in [-0.05, 0) is 54.9 Å². The molecule has 0 radical (unpaired) electrons. The van der Waals surface area contributed by atoms with E-state index < -0.39 is 0 Å². The SMILES string of the molecule is Cl.O=C(C1CC2CCCCC2N1)N1CCc2ccc(O)cc2C1. The highest BCUT2D eigenvalue weighted by molar-refractivity contribution is 5.85. The van der Waals surface area contributed by atoms with Crippen LogP contribution in [0.1, 0.15) is 43.2 Å². The number of nitrogens with zero attached hydrogens (tertiary/aromatic N) is 1. The Bertz CT molecular complexity index is 578. The maximum atomic E-state index is 12.8. The first-order valence-corrected chi connectivity index (χ1v) is 8.56. The molecule has 4 rings (SSSR count). The van der Waals surface area contributed by atoms with Gasteiger partial charge in [0.2, 0.25) is 5.91 Å². The van der Waals surface area contributed by atoms with Crippen LogP contribution in [0.15, 0.2) is 18.2 Å². The van der Waals surface area contributed by atoms with Crippen LogP contribution in [-0.4, -0.2) is 34.5 Å². The van der Waals surface area contributed by atoms with E-state index in [1.54, 1.807) is 12.1 Å². The average Bonchev–Trinajstić information content (AvgIpc) is 2.97. The Morgan fingerprint density at radius 3 is 2.87 bits per heavy atom. The van der Waals surface area contributed by atoms with Crippen LogP contribution >= 0.6 is 12.4 Å². The van der Waals surface area contributed by atoms with Crippen molar-refractivity contribution in [2.24, 2.45) is 5.92 Å². The van der Waals surface area contributed by atoms with Crippen molar-refractivity contribution >= 4 is 18.3 Å². The fraction of sp³-hybridized carbons (Fsp3) is 0.611. The quantitative estimate of drug-likeness (QED) is 0.829. The van der Waals surface area contributed by atoms with Crippen LogP contribution in [0.5, 0.6) is 5.75 Å². The number of halogens is 1. The van der Waals surface area contributed by atoms with E-state index in [0.29, 0.717) is 18.5 Å². The largest absolute Gasteiger partial charge is 0.508 e. The van der Waals surface area contributed by atoms with Crippen LogP contribution in [0.4, 0.5) is 0 Å². The zero-order valence-electron chi connectivity index (χ0n) is 13.3. The number of amides is 1. The van der Waals surface area contributed by atoms with Crippen LogP contribution in [0, 0.1) is 5.92 Å². The van der Waals surface area contributed by atoms with Crippen molar-refractivity contribution in [1.82, 2.24) is 10.2 Å². The second-order valence-corrected chi connectivity index (χ2v) is 7.07. The summed E-state index contributed by atoms with van der Waals surface area (Å²) in [5.41, 5.74) is 2.35. The highest BCUT2D eigenvalue weighted by Crippen LogP contribution is 2.34. The molecule has 2 fully saturated rings.